The van der Waals surface area contributed by atoms with Gasteiger partial charge in [0, 0.05) is 6.08 Å². The molecule has 27 heavy (non-hydrogen) atoms. The van der Waals surface area contributed by atoms with Gasteiger partial charge in [0.05, 0.1) is 7.11 Å². The molecule has 0 fully saturated rings. The molecular formula is C19H16F2O6. The molecule has 1 aliphatic rings. The Morgan fingerprint density at radius 1 is 1.15 bits per heavy atom. The highest BCUT2D eigenvalue weighted by molar-refractivity contribution is 5.87. The normalized spacial score (nSPS) is 12.4. The lowest BCUT2D eigenvalue weighted by atomic mass is 10.2. The largest absolute Gasteiger partial charge is 0.493 e. The Kier molecular flexibility index (Phi) is 5.75. The Bertz CT molecular complexity index is 850. The molecule has 1 heterocycles. The zero-order valence-electron chi connectivity index (χ0n) is 14.3. The Balaban J connectivity index is 1.57. The van der Waals surface area contributed by atoms with Gasteiger partial charge in [-0.15, -0.1) is 0 Å². The summed E-state index contributed by atoms with van der Waals surface area (Å²) in [5.74, 6) is 0.747. The van der Waals surface area contributed by atoms with Crippen molar-refractivity contribution in [2.24, 2.45) is 0 Å². The quantitative estimate of drug-likeness (QED) is 0.540. The van der Waals surface area contributed by atoms with Gasteiger partial charge in [-0.25, -0.2) is 4.79 Å². The highest BCUT2D eigenvalue weighted by atomic mass is 19.3. The number of benzene rings is 2. The smallest absolute Gasteiger partial charge is 0.387 e. The zero-order chi connectivity index (χ0) is 19.2. The number of ether oxygens (including phenoxy) is 5. The molecule has 0 saturated heterocycles. The Hall–Kier alpha value is -3.29. The van der Waals surface area contributed by atoms with Crippen molar-refractivity contribution in [3.63, 3.8) is 0 Å². The molecule has 2 aromatic rings. The molecule has 3 rings (SSSR count). The summed E-state index contributed by atoms with van der Waals surface area (Å²) in [5.41, 5.74) is 1.32. The Morgan fingerprint density at radius 3 is 2.74 bits per heavy atom. The van der Waals surface area contributed by atoms with E-state index in [1.807, 2.05) is 0 Å². The van der Waals surface area contributed by atoms with Crippen LogP contribution in [0.3, 0.4) is 0 Å². The lowest BCUT2D eigenvalue weighted by molar-refractivity contribution is -0.138. The minimum absolute atomic E-state index is 0.0460. The van der Waals surface area contributed by atoms with Crippen LogP contribution in [0.2, 0.25) is 0 Å². The Morgan fingerprint density at radius 2 is 1.96 bits per heavy atom. The molecule has 0 saturated carbocycles. The van der Waals surface area contributed by atoms with Crippen molar-refractivity contribution in [1.82, 2.24) is 0 Å². The summed E-state index contributed by atoms with van der Waals surface area (Å²) in [4.78, 5) is 11.9. The van der Waals surface area contributed by atoms with Crippen molar-refractivity contribution in [1.29, 1.82) is 0 Å². The van der Waals surface area contributed by atoms with Gasteiger partial charge in [0.25, 0.3) is 0 Å². The van der Waals surface area contributed by atoms with E-state index in [1.165, 1.54) is 31.4 Å². The summed E-state index contributed by atoms with van der Waals surface area (Å²) in [7, 11) is 1.33. The molecule has 0 aromatic heterocycles. The standard InChI is InChI=1S/C19H16F2O6/c1-23-16-9-13(3-6-15(16)27-19(20)21)10-24-18(22)7-4-12-2-5-14-17(8-12)26-11-25-14/h2-9,19H,10-11H2,1H3/b7-4+. The number of halogens is 2. The van der Waals surface area contributed by atoms with Crippen molar-refractivity contribution in [2.45, 2.75) is 13.2 Å². The maximum absolute atomic E-state index is 12.3. The van der Waals surface area contributed by atoms with E-state index in [0.717, 1.165) is 5.56 Å². The van der Waals surface area contributed by atoms with Gasteiger partial charge in [-0.3, -0.25) is 0 Å². The highest BCUT2D eigenvalue weighted by Gasteiger charge is 2.13. The SMILES string of the molecule is COc1cc(COC(=O)/C=C/c2ccc3c(c2)OCO3)ccc1OC(F)F. The van der Waals surface area contributed by atoms with Crippen LogP contribution in [0, 0.1) is 0 Å². The molecule has 0 aliphatic carbocycles. The first-order valence-corrected chi connectivity index (χ1v) is 7.91. The molecule has 2 aromatic carbocycles. The number of hydrogen-bond acceptors (Lipinski definition) is 6. The number of fused-ring (bicyclic) bond motifs is 1. The number of methoxy groups -OCH3 is 1. The maximum atomic E-state index is 12.3. The molecule has 0 amide bonds. The Labute approximate surface area is 153 Å². The van der Waals surface area contributed by atoms with Crippen molar-refractivity contribution >= 4 is 12.0 Å². The molecular weight excluding hydrogens is 362 g/mol. The van der Waals surface area contributed by atoms with E-state index in [2.05, 4.69) is 4.74 Å². The first-order chi connectivity index (χ1) is 13.0. The van der Waals surface area contributed by atoms with Gasteiger partial charge >= 0.3 is 12.6 Å². The van der Waals surface area contributed by atoms with Gasteiger partial charge in [-0.05, 0) is 41.5 Å². The summed E-state index contributed by atoms with van der Waals surface area (Å²) < 4.78 is 49.6. The predicted octanol–water partition coefficient (Wildman–Crippen LogP) is 3.78. The van der Waals surface area contributed by atoms with Gasteiger partial charge in [-0.1, -0.05) is 12.1 Å². The summed E-state index contributed by atoms with van der Waals surface area (Å²) >= 11 is 0. The highest BCUT2D eigenvalue weighted by Crippen LogP contribution is 2.33. The first kappa shape index (κ1) is 18.5. The van der Waals surface area contributed by atoms with E-state index < -0.39 is 12.6 Å². The third kappa shape index (κ3) is 4.87. The second-order valence-corrected chi connectivity index (χ2v) is 5.42. The van der Waals surface area contributed by atoms with Crippen LogP contribution < -0.4 is 18.9 Å². The molecule has 142 valence electrons. The van der Waals surface area contributed by atoms with Crippen LogP contribution in [0.15, 0.2) is 42.5 Å². The average molecular weight is 378 g/mol. The predicted molar refractivity (Wildman–Crippen MR) is 91.0 cm³/mol. The van der Waals surface area contributed by atoms with Crippen LogP contribution in [-0.4, -0.2) is 26.5 Å². The van der Waals surface area contributed by atoms with Crippen molar-refractivity contribution < 1.29 is 37.3 Å². The molecule has 0 radical (unpaired) electrons. The monoisotopic (exact) mass is 378 g/mol. The van der Waals surface area contributed by atoms with Crippen molar-refractivity contribution in [3.05, 3.63) is 53.6 Å². The fourth-order valence-corrected chi connectivity index (χ4v) is 2.38. The minimum Gasteiger partial charge on any atom is -0.493 e. The second kappa shape index (κ2) is 8.39. The number of esters is 1. The third-order valence-electron chi connectivity index (χ3n) is 3.63. The van der Waals surface area contributed by atoms with E-state index in [9.17, 15) is 13.6 Å². The molecule has 8 heteroatoms. The fourth-order valence-electron chi connectivity index (χ4n) is 2.38. The molecule has 6 nitrogen and oxygen atoms in total. The lowest BCUT2D eigenvalue weighted by Crippen LogP contribution is -2.05. The van der Waals surface area contributed by atoms with E-state index in [0.29, 0.717) is 17.1 Å². The average Bonchev–Trinajstić information content (AvgIpc) is 3.13. The van der Waals surface area contributed by atoms with Crippen LogP contribution >= 0.6 is 0 Å². The molecule has 0 spiro atoms. The fraction of sp³-hybridized carbons (Fsp3) is 0.211. The summed E-state index contributed by atoms with van der Waals surface area (Å²) in [6.07, 6.45) is 2.87. The molecule has 0 bridgehead atoms. The molecule has 0 N–H and O–H groups in total. The molecule has 1 aliphatic heterocycles. The van der Waals surface area contributed by atoms with Crippen LogP contribution in [0.4, 0.5) is 8.78 Å². The molecule has 0 unspecified atom stereocenters. The van der Waals surface area contributed by atoms with E-state index in [-0.39, 0.29) is 24.9 Å². The van der Waals surface area contributed by atoms with Crippen LogP contribution in [0.1, 0.15) is 11.1 Å². The van der Waals surface area contributed by atoms with Crippen LogP contribution in [0.5, 0.6) is 23.0 Å². The second-order valence-electron chi connectivity index (χ2n) is 5.42. The first-order valence-electron chi connectivity index (χ1n) is 7.91. The topological polar surface area (TPSA) is 63.2 Å². The summed E-state index contributed by atoms with van der Waals surface area (Å²) in [5, 5.41) is 0. The van der Waals surface area contributed by atoms with Gasteiger partial charge in [0.2, 0.25) is 6.79 Å². The molecule has 0 atom stereocenters. The zero-order valence-corrected chi connectivity index (χ0v) is 14.3. The van der Waals surface area contributed by atoms with Crippen LogP contribution in [0.25, 0.3) is 6.08 Å². The van der Waals surface area contributed by atoms with Crippen molar-refractivity contribution in [2.75, 3.05) is 13.9 Å². The summed E-state index contributed by atoms with van der Waals surface area (Å²) in [6, 6.07) is 9.59. The van der Waals surface area contributed by atoms with Gasteiger partial charge in [0.15, 0.2) is 23.0 Å². The van der Waals surface area contributed by atoms with Crippen LogP contribution in [-0.2, 0) is 16.1 Å². The number of hydrogen-bond donors (Lipinski definition) is 0. The summed E-state index contributed by atoms with van der Waals surface area (Å²) in [6.45, 7) is -2.82. The van der Waals surface area contributed by atoms with Gasteiger partial charge < -0.3 is 23.7 Å². The van der Waals surface area contributed by atoms with E-state index in [4.69, 9.17) is 18.9 Å². The van der Waals surface area contributed by atoms with Gasteiger partial charge in [0.1, 0.15) is 6.61 Å². The lowest BCUT2D eigenvalue weighted by Gasteiger charge is -2.11. The number of carbonyl (C=O) groups is 1. The minimum atomic E-state index is -2.95. The number of rotatable bonds is 7. The third-order valence-corrected chi connectivity index (χ3v) is 3.63. The number of alkyl halides is 2. The van der Waals surface area contributed by atoms with Crippen molar-refractivity contribution in [3.8, 4) is 23.0 Å². The van der Waals surface area contributed by atoms with E-state index in [1.54, 1.807) is 24.3 Å². The number of carbonyl (C=O) groups excluding carboxylic acids is 1. The van der Waals surface area contributed by atoms with Gasteiger partial charge in [-0.2, -0.15) is 8.78 Å². The maximum Gasteiger partial charge on any atom is 0.387 e. The van der Waals surface area contributed by atoms with E-state index >= 15 is 0 Å².